The van der Waals surface area contributed by atoms with E-state index in [1.807, 2.05) is 22.8 Å². The highest BCUT2D eigenvalue weighted by atomic mass is 19.1. The number of hydrogen-bond donors (Lipinski definition) is 2. The quantitative estimate of drug-likeness (QED) is 0.116. The maximum atomic E-state index is 15.8. The van der Waals surface area contributed by atoms with Gasteiger partial charge in [0.25, 0.3) is 0 Å². The number of aromatic nitrogens is 1. The predicted octanol–water partition coefficient (Wildman–Crippen LogP) is 6.16. The van der Waals surface area contributed by atoms with E-state index in [1.165, 1.54) is 30.2 Å². The Balaban J connectivity index is 0.931. The van der Waals surface area contributed by atoms with Gasteiger partial charge >= 0.3 is 24.1 Å². The molecule has 1 aliphatic carbocycles. The van der Waals surface area contributed by atoms with Crippen molar-refractivity contribution in [2.75, 3.05) is 42.6 Å². The molecule has 15 nitrogen and oxygen atoms in total. The SMILES string of the molecule is CC(NC(=O)OC(C)(C)C)C(=O)OCC1CN(c2ccc(OCC3(O)CCN(c4cc5c(cc4F)c(=O)c(C(=O)OCc4ccccc4)cn5C4CC4)CC3)c(F)c2)C(=O)O1. The number of carbonyl (C=O) groups excluding carboxylic acids is 4. The minimum absolute atomic E-state index is 0.0117. The van der Waals surface area contributed by atoms with Crippen molar-refractivity contribution in [3.8, 4) is 5.75 Å². The highest BCUT2D eigenvalue weighted by Gasteiger charge is 2.37. The van der Waals surface area contributed by atoms with Crippen LogP contribution >= 0.6 is 0 Å². The summed E-state index contributed by atoms with van der Waals surface area (Å²) in [6, 6.07) is 14.7. The molecule has 2 unspecified atom stereocenters. The lowest BCUT2D eigenvalue weighted by Crippen LogP contribution is -2.48. The number of piperidine rings is 1. The van der Waals surface area contributed by atoms with Crippen LogP contribution < -0.4 is 25.3 Å². The average molecular weight is 847 g/mol. The van der Waals surface area contributed by atoms with Crippen LogP contribution in [0.5, 0.6) is 5.75 Å². The average Bonchev–Trinajstić information content (AvgIpc) is 3.99. The molecule has 3 heterocycles. The molecule has 3 aliphatic rings. The number of esters is 2. The number of fused-ring (bicyclic) bond motifs is 1. The number of aliphatic hydroxyl groups is 1. The highest BCUT2D eigenvalue weighted by molar-refractivity contribution is 5.95. The van der Waals surface area contributed by atoms with Crippen LogP contribution in [0.25, 0.3) is 10.9 Å². The number of nitrogens with zero attached hydrogens (tertiary/aromatic N) is 3. The van der Waals surface area contributed by atoms with E-state index in [1.54, 1.807) is 43.9 Å². The fourth-order valence-electron chi connectivity index (χ4n) is 7.16. The van der Waals surface area contributed by atoms with Gasteiger partial charge in [0.05, 0.1) is 23.4 Å². The van der Waals surface area contributed by atoms with Gasteiger partial charge in [0.2, 0.25) is 5.43 Å². The molecule has 2 aliphatic heterocycles. The van der Waals surface area contributed by atoms with Crippen LogP contribution in [0.1, 0.15) is 75.3 Å². The number of halogens is 2. The van der Waals surface area contributed by atoms with Gasteiger partial charge in [0.1, 0.15) is 48.4 Å². The van der Waals surface area contributed by atoms with Crippen LogP contribution in [0.4, 0.5) is 29.7 Å². The molecule has 1 aromatic heterocycles. The summed E-state index contributed by atoms with van der Waals surface area (Å²) in [6.45, 7) is 6.30. The highest BCUT2D eigenvalue weighted by Crippen LogP contribution is 2.39. The second-order valence-electron chi connectivity index (χ2n) is 16.6. The van der Waals surface area contributed by atoms with E-state index in [0.29, 0.717) is 5.52 Å². The fraction of sp³-hybridized carbons (Fsp3) is 0.432. The van der Waals surface area contributed by atoms with Crippen molar-refractivity contribution in [2.45, 2.75) is 89.4 Å². The number of benzene rings is 3. The number of ether oxygens (including phenoxy) is 5. The van der Waals surface area contributed by atoms with Gasteiger partial charge in [-0.25, -0.2) is 28.0 Å². The lowest BCUT2D eigenvalue weighted by atomic mass is 9.92. The summed E-state index contributed by atoms with van der Waals surface area (Å²) in [6.07, 6.45) is 1.07. The number of carbonyl (C=O) groups is 4. The van der Waals surface area contributed by atoms with Crippen LogP contribution in [-0.4, -0.2) is 90.0 Å². The number of amides is 2. The van der Waals surface area contributed by atoms with Crippen molar-refractivity contribution in [1.29, 1.82) is 0 Å². The summed E-state index contributed by atoms with van der Waals surface area (Å²) in [5.41, 5.74) is -1.24. The first-order valence-electron chi connectivity index (χ1n) is 20.1. The second kappa shape index (κ2) is 17.4. The standard InChI is InChI=1S/C44H48F2N4O11/c1-26(47-41(54)61-43(2,3)4)39(52)58-24-30-21-50(42(55)60-30)29-12-13-37(34(46)18-29)59-25-44(56)14-16-48(17-15-44)36-20-35-31(19-33(36)45)38(51)32(22-49(35)28-10-11-28)40(53)57-23-27-8-6-5-7-9-27/h5-9,12-13,18-20,22,26,28,30,56H,10-11,14-17,21,23-25H2,1-4H3,(H,47,54). The Labute approximate surface area is 350 Å². The van der Waals surface area contributed by atoms with E-state index in [0.717, 1.165) is 30.5 Å². The second-order valence-corrected chi connectivity index (χ2v) is 16.6. The summed E-state index contributed by atoms with van der Waals surface area (Å²) in [5.74, 6) is -3.16. The molecule has 3 aromatic carbocycles. The Morgan fingerprint density at radius 1 is 0.984 bits per heavy atom. The molecular formula is C44H48F2N4O11. The van der Waals surface area contributed by atoms with Crippen molar-refractivity contribution in [3.05, 3.63) is 99.8 Å². The fourth-order valence-corrected chi connectivity index (χ4v) is 7.16. The van der Waals surface area contributed by atoms with Crippen LogP contribution in [0.2, 0.25) is 0 Å². The first-order chi connectivity index (χ1) is 29.0. The lowest BCUT2D eigenvalue weighted by molar-refractivity contribution is -0.148. The summed E-state index contributed by atoms with van der Waals surface area (Å²) in [7, 11) is 0. The smallest absolute Gasteiger partial charge is 0.414 e. The molecule has 17 heteroatoms. The van der Waals surface area contributed by atoms with Gasteiger partial charge in [-0.05, 0) is 83.2 Å². The Hall–Kier alpha value is -6.23. The molecule has 7 rings (SSSR count). The van der Waals surface area contributed by atoms with E-state index in [-0.39, 0.29) is 86.4 Å². The molecule has 2 saturated heterocycles. The molecule has 3 fully saturated rings. The molecule has 1 saturated carbocycles. The number of alkyl carbamates (subject to hydrolysis) is 1. The van der Waals surface area contributed by atoms with Gasteiger partial charge in [0, 0.05) is 36.8 Å². The predicted molar refractivity (Wildman–Crippen MR) is 218 cm³/mol. The summed E-state index contributed by atoms with van der Waals surface area (Å²) in [4.78, 5) is 66.5. The van der Waals surface area contributed by atoms with Gasteiger partial charge in [-0.2, -0.15) is 0 Å². The molecule has 0 radical (unpaired) electrons. The summed E-state index contributed by atoms with van der Waals surface area (Å²) in [5, 5.41) is 13.8. The molecule has 0 spiro atoms. The van der Waals surface area contributed by atoms with E-state index in [9.17, 15) is 29.1 Å². The molecule has 4 aromatic rings. The molecule has 61 heavy (non-hydrogen) atoms. The molecule has 324 valence electrons. The van der Waals surface area contributed by atoms with E-state index in [2.05, 4.69) is 5.32 Å². The van der Waals surface area contributed by atoms with E-state index < -0.39 is 64.5 Å². The first-order valence-corrected chi connectivity index (χ1v) is 20.1. The van der Waals surface area contributed by atoms with E-state index >= 15 is 8.78 Å². The molecule has 2 N–H and O–H groups in total. The zero-order valence-electron chi connectivity index (χ0n) is 34.3. The molecule has 0 bridgehead atoms. The van der Waals surface area contributed by atoms with Crippen molar-refractivity contribution in [2.24, 2.45) is 0 Å². The topological polar surface area (TPSA) is 175 Å². The van der Waals surface area contributed by atoms with Crippen molar-refractivity contribution in [3.63, 3.8) is 0 Å². The van der Waals surface area contributed by atoms with Crippen LogP contribution in [0.15, 0.2) is 71.7 Å². The lowest BCUT2D eigenvalue weighted by Gasteiger charge is -2.39. The third-order valence-electron chi connectivity index (χ3n) is 10.6. The zero-order chi connectivity index (χ0) is 43.6. The first kappa shape index (κ1) is 42.9. The van der Waals surface area contributed by atoms with Crippen LogP contribution in [0.3, 0.4) is 0 Å². The summed E-state index contributed by atoms with van der Waals surface area (Å²) >= 11 is 0. The minimum atomic E-state index is -1.37. The number of hydrogen-bond acceptors (Lipinski definition) is 12. The number of anilines is 2. The van der Waals surface area contributed by atoms with Crippen LogP contribution in [0, 0.1) is 11.6 Å². The Morgan fingerprint density at radius 2 is 1.70 bits per heavy atom. The van der Waals surface area contributed by atoms with Crippen molar-refractivity contribution in [1.82, 2.24) is 9.88 Å². The number of pyridine rings is 1. The number of nitrogens with one attached hydrogen (secondary N) is 1. The third-order valence-corrected chi connectivity index (χ3v) is 10.6. The van der Waals surface area contributed by atoms with Crippen LogP contribution in [-0.2, 0) is 30.3 Å². The van der Waals surface area contributed by atoms with Gasteiger partial charge < -0.3 is 43.6 Å². The maximum Gasteiger partial charge on any atom is 0.414 e. The molecule has 2 amide bonds. The summed E-state index contributed by atoms with van der Waals surface area (Å²) < 4.78 is 59.8. The number of cyclic esters (lactones) is 1. The third kappa shape index (κ3) is 10.2. The van der Waals surface area contributed by atoms with Crippen molar-refractivity contribution >= 4 is 46.4 Å². The van der Waals surface area contributed by atoms with Gasteiger partial charge in [-0.15, -0.1) is 0 Å². The maximum absolute atomic E-state index is 15.8. The normalized spacial score (nSPS) is 18.0. The van der Waals surface area contributed by atoms with Gasteiger partial charge in [-0.3, -0.25) is 9.69 Å². The Kier molecular flexibility index (Phi) is 12.2. The number of rotatable bonds is 13. The zero-order valence-corrected chi connectivity index (χ0v) is 34.3. The Morgan fingerprint density at radius 3 is 2.38 bits per heavy atom. The minimum Gasteiger partial charge on any atom is -0.488 e. The monoisotopic (exact) mass is 846 g/mol. The Bertz CT molecular complexity index is 2370. The van der Waals surface area contributed by atoms with E-state index in [4.69, 9.17) is 23.7 Å². The van der Waals surface area contributed by atoms with Crippen molar-refractivity contribution < 1.29 is 56.7 Å². The van der Waals surface area contributed by atoms with Gasteiger partial charge in [0.15, 0.2) is 17.7 Å². The van der Waals surface area contributed by atoms with Gasteiger partial charge in [-0.1, -0.05) is 30.3 Å². The largest absolute Gasteiger partial charge is 0.488 e. The molecular weight excluding hydrogens is 798 g/mol. The molecule has 2 atom stereocenters.